The molecule has 0 radical (unpaired) electrons. The molecule has 1 aromatic heterocycles. The maximum absolute atomic E-state index is 12.0. The molecule has 2 heterocycles. The van der Waals surface area contributed by atoms with Gasteiger partial charge in [0.15, 0.2) is 5.69 Å². The second kappa shape index (κ2) is 4.38. The molecule has 0 spiro atoms. The van der Waals surface area contributed by atoms with Crippen molar-refractivity contribution < 1.29 is 4.79 Å². The van der Waals surface area contributed by atoms with Gasteiger partial charge in [0.1, 0.15) is 0 Å². The van der Waals surface area contributed by atoms with Crippen LogP contribution in [0.3, 0.4) is 0 Å². The molecule has 0 N–H and O–H groups in total. The van der Waals surface area contributed by atoms with Crippen molar-refractivity contribution >= 4 is 5.91 Å². The number of hydrogen-bond donors (Lipinski definition) is 0. The van der Waals surface area contributed by atoms with Gasteiger partial charge in [-0.3, -0.25) is 4.79 Å². The summed E-state index contributed by atoms with van der Waals surface area (Å²) in [5, 5.41) is 7.56. The minimum atomic E-state index is 0.00894. The van der Waals surface area contributed by atoms with E-state index in [1.807, 2.05) is 4.90 Å². The fraction of sp³-hybridized carbons (Fsp3) is 0.545. The maximum Gasteiger partial charge on any atom is 0.274 e. The molecule has 0 bridgehead atoms. The zero-order valence-corrected chi connectivity index (χ0v) is 8.89. The highest BCUT2D eigenvalue weighted by Gasteiger charge is 2.22. The highest BCUT2D eigenvalue weighted by Crippen LogP contribution is 2.16. The molecule has 2 rings (SSSR count). The zero-order chi connectivity index (χ0) is 10.7. The molecule has 0 aromatic carbocycles. The molecule has 1 fully saturated rings. The summed E-state index contributed by atoms with van der Waals surface area (Å²) in [7, 11) is 0. The van der Waals surface area contributed by atoms with Crippen LogP contribution in [0, 0.1) is 5.92 Å². The summed E-state index contributed by atoms with van der Waals surface area (Å²) >= 11 is 0. The molecule has 4 heteroatoms. The minimum absolute atomic E-state index is 0.00894. The molecule has 1 saturated heterocycles. The number of nitrogens with zero attached hydrogens (tertiary/aromatic N) is 3. The molecular weight excluding hydrogens is 190 g/mol. The van der Waals surface area contributed by atoms with E-state index in [2.05, 4.69) is 17.1 Å². The molecule has 1 atom stereocenters. The fourth-order valence-corrected chi connectivity index (χ4v) is 1.95. The SMILES string of the molecule is CC1CCCN(C(=O)c2cccnn2)C1. The van der Waals surface area contributed by atoms with Gasteiger partial charge in [0.2, 0.25) is 0 Å². The number of aromatic nitrogens is 2. The van der Waals surface area contributed by atoms with Gasteiger partial charge in [-0.1, -0.05) is 6.92 Å². The third kappa shape index (κ3) is 2.32. The van der Waals surface area contributed by atoms with Crippen molar-refractivity contribution in [1.82, 2.24) is 15.1 Å². The van der Waals surface area contributed by atoms with E-state index < -0.39 is 0 Å². The van der Waals surface area contributed by atoms with E-state index in [0.29, 0.717) is 11.6 Å². The van der Waals surface area contributed by atoms with Crippen molar-refractivity contribution in [3.8, 4) is 0 Å². The van der Waals surface area contributed by atoms with Gasteiger partial charge in [0.05, 0.1) is 0 Å². The van der Waals surface area contributed by atoms with Gasteiger partial charge < -0.3 is 4.90 Å². The first-order valence-corrected chi connectivity index (χ1v) is 5.34. The lowest BCUT2D eigenvalue weighted by atomic mass is 10.00. The second-order valence-corrected chi connectivity index (χ2v) is 4.11. The van der Waals surface area contributed by atoms with Gasteiger partial charge in [-0.15, -0.1) is 5.10 Å². The Hall–Kier alpha value is -1.45. The number of amides is 1. The summed E-state index contributed by atoms with van der Waals surface area (Å²) in [5.74, 6) is 0.606. The highest BCUT2D eigenvalue weighted by atomic mass is 16.2. The Balaban J connectivity index is 2.08. The van der Waals surface area contributed by atoms with Crippen LogP contribution < -0.4 is 0 Å². The number of hydrogen-bond acceptors (Lipinski definition) is 3. The molecule has 0 aliphatic carbocycles. The Labute approximate surface area is 89.3 Å². The molecule has 4 nitrogen and oxygen atoms in total. The number of piperidine rings is 1. The Morgan fingerprint density at radius 2 is 2.47 bits per heavy atom. The third-order valence-corrected chi connectivity index (χ3v) is 2.74. The Morgan fingerprint density at radius 1 is 1.60 bits per heavy atom. The molecule has 1 aliphatic heterocycles. The van der Waals surface area contributed by atoms with Gasteiger partial charge in [-0.2, -0.15) is 5.10 Å². The zero-order valence-electron chi connectivity index (χ0n) is 8.89. The third-order valence-electron chi connectivity index (χ3n) is 2.74. The lowest BCUT2D eigenvalue weighted by molar-refractivity contribution is 0.0676. The van der Waals surface area contributed by atoms with E-state index in [0.717, 1.165) is 19.5 Å². The number of carbonyl (C=O) groups excluding carboxylic acids is 1. The summed E-state index contributed by atoms with van der Waals surface area (Å²) in [6.45, 7) is 3.87. The smallest absolute Gasteiger partial charge is 0.274 e. The summed E-state index contributed by atoms with van der Waals surface area (Å²) in [6, 6.07) is 3.46. The summed E-state index contributed by atoms with van der Waals surface area (Å²) in [5.41, 5.74) is 0.451. The van der Waals surface area contributed by atoms with Crippen LogP contribution in [-0.4, -0.2) is 34.1 Å². The van der Waals surface area contributed by atoms with E-state index in [4.69, 9.17) is 0 Å². The number of rotatable bonds is 1. The standard InChI is InChI=1S/C11H15N3O/c1-9-4-3-7-14(8-9)11(15)10-5-2-6-12-13-10/h2,5-6,9H,3-4,7-8H2,1H3. The summed E-state index contributed by atoms with van der Waals surface area (Å²) in [4.78, 5) is 13.8. The van der Waals surface area contributed by atoms with Crippen LogP contribution in [-0.2, 0) is 0 Å². The molecule has 1 amide bonds. The van der Waals surface area contributed by atoms with Gasteiger partial charge in [0, 0.05) is 19.3 Å². The normalized spacial score (nSPS) is 21.4. The average Bonchev–Trinajstić information content (AvgIpc) is 2.29. The number of likely N-dealkylation sites (tertiary alicyclic amines) is 1. The average molecular weight is 205 g/mol. The van der Waals surface area contributed by atoms with Crippen molar-refractivity contribution in [2.24, 2.45) is 5.92 Å². The largest absolute Gasteiger partial charge is 0.337 e. The van der Waals surface area contributed by atoms with Crippen LogP contribution in [0.15, 0.2) is 18.3 Å². The van der Waals surface area contributed by atoms with Crippen molar-refractivity contribution in [2.75, 3.05) is 13.1 Å². The van der Waals surface area contributed by atoms with Crippen LogP contribution in [0.25, 0.3) is 0 Å². The van der Waals surface area contributed by atoms with Crippen molar-refractivity contribution in [3.63, 3.8) is 0 Å². The number of carbonyl (C=O) groups is 1. The maximum atomic E-state index is 12.0. The molecule has 1 unspecified atom stereocenters. The van der Waals surface area contributed by atoms with Crippen LogP contribution in [0.2, 0.25) is 0 Å². The summed E-state index contributed by atoms with van der Waals surface area (Å²) < 4.78 is 0. The minimum Gasteiger partial charge on any atom is -0.337 e. The predicted molar refractivity (Wildman–Crippen MR) is 56.3 cm³/mol. The van der Waals surface area contributed by atoms with E-state index >= 15 is 0 Å². The van der Waals surface area contributed by atoms with E-state index in [1.54, 1.807) is 18.3 Å². The van der Waals surface area contributed by atoms with E-state index in [1.165, 1.54) is 6.42 Å². The van der Waals surface area contributed by atoms with Crippen molar-refractivity contribution in [3.05, 3.63) is 24.0 Å². The Morgan fingerprint density at radius 3 is 3.13 bits per heavy atom. The van der Waals surface area contributed by atoms with Crippen molar-refractivity contribution in [1.29, 1.82) is 0 Å². The van der Waals surface area contributed by atoms with Crippen molar-refractivity contribution in [2.45, 2.75) is 19.8 Å². The molecular formula is C11H15N3O. The van der Waals surface area contributed by atoms with Crippen LogP contribution >= 0.6 is 0 Å². The first-order valence-electron chi connectivity index (χ1n) is 5.34. The van der Waals surface area contributed by atoms with Crippen LogP contribution in [0.5, 0.6) is 0 Å². The summed E-state index contributed by atoms with van der Waals surface area (Å²) in [6.07, 6.45) is 3.88. The highest BCUT2D eigenvalue weighted by molar-refractivity contribution is 5.92. The monoisotopic (exact) mass is 205 g/mol. The van der Waals surface area contributed by atoms with Crippen LogP contribution in [0.1, 0.15) is 30.3 Å². The Bertz CT molecular complexity index is 339. The molecule has 0 saturated carbocycles. The quantitative estimate of drug-likeness (QED) is 0.695. The topological polar surface area (TPSA) is 46.1 Å². The first kappa shape index (κ1) is 10.1. The first-order chi connectivity index (χ1) is 7.27. The van der Waals surface area contributed by atoms with E-state index in [-0.39, 0.29) is 5.91 Å². The fourth-order valence-electron chi connectivity index (χ4n) is 1.95. The molecule has 15 heavy (non-hydrogen) atoms. The molecule has 1 aromatic rings. The second-order valence-electron chi connectivity index (χ2n) is 4.11. The van der Waals surface area contributed by atoms with Gasteiger partial charge in [0.25, 0.3) is 5.91 Å². The predicted octanol–water partition coefficient (Wildman–Crippen LogP) is 1.35. The lowest BCUT2D eigenvalue weighted by Gasteiger charge is -2.30. The molecule has 80 valence electrons. The molecule has 1 aliphatic rings. The van der Waals surface area contributed by atoms with Gasteiger partial charge in [-0.25, -0.2) is 0 Å². The van der Waals surface area contributed by atoms with Gasteiger partial charge in [-0.05, 0) is 30.9 Å². The van der Waals surface area contributed by atoms with Gasteiger partial charge >= 0.3 is 0 Å². The van der Waals surface area contributed by atoms with Crippen LogP contribution in [0.4, 0.5) is 0 Å². The Kier molecular flexibility index (Phi) is 2.94. The van der Waals surface area contributed by atoms with E-state index in [9.17, 15) is 4.79 Å². The lowest BCUT2D eigenvalue weighted by Crippen LogP contribution is -2.39.